The lowest BCUT2D eigenvalue weighted by molar-refractivity contribution is 0.0987. The Kier molecular flexibility index (Phi) is 5.07. The van der Waals surface area contributed by atoms with E-state index in [1.54, 1.807) is 23.1 Å². The molecule has 2 amide bonds. The van der Waals surface area contributed by atoms with Crippen LogP contribution in [-0.2, 0) is 6.42 Å². The third kappa shape index (κ3) is 3.61. The molecule has 28 heavy (non-hydrogen) atoms. The highest BCUT2D eigenvalue weighted by Gasteiger charge is 2.26. The molecule has 3 aromatic rings. The summed E-state index contributed by atoms with van der Waals surface area (Å²) in [4.78, 5) is 27.0. The number of carbonyl (C=O) groups excluding carboxylic acids is 2. The van der Waals surface area contributed by atoms with Crippen molar-refractivity contribution in [2.45, 2.75) is 6.42 Å². The molecule has 0 bridgehead atoms. The minimum absolute atomic E-state index is 0.0261. The van der Waals surface area contributed by atoms with Crippen molar-refractivity contribution in [2.24, 2.45) is 0 Å². The van der Waals surface area contributed by atoms with Gasteiger partial charge in [0.15, 0.2) is 0 Å². The van der Waals surface area contributed by atoms with Crippen LogP contribution in [0.1, 0.15) is 26.3 Å². The van der Waals surface area contributed by atoms with E-state index in [0.717, 1.165) is 17.7 Å². The van der Waals surface area contributed by atoms with Gasteiger partial charge >= 0.3 is 0 Å². The highest BCUT2D eigenvalue weighted by Crippen LogP contribution is 2.32. The molecule has 0 saturated carbocycles. The van der Waals surface area contributed by atoms with Crippen LogP contribution in [0.3, 0.4) is 0 Å². The van der Waals surface area contributed by atoms with Gasteiger partial charge in [-0.15, -0.1) is 0 Å². The van der Waals surface area contributed by atoms with Gasteiger partial charge in [0, 0.05) is 28.5 Å². The number of hydrogen-bond acceptors (Lipinski definition) is 2. The molecule has 1 aliphatic heterocycles. The van der Waals surface area contributed by atoms with Crippen molar-refractivity contribution in [2.75, 3.05) is 16.8 Å². The van der Waals surface area contributed by atoms with E-state index in [0.29, 0.717) is 33.4 Å². The SMILES string of the molecule is O=C(Nc1ccc2c(c1)CCN2C(=O)c1ccccc1)c1cc(Cl)ccc1Cl. The van der Waals surface area contributed by atoms with Crippen molar-refractivity contribution in [1.82, 2.24) is 0 Å². The lowest BCUT2D eigenvalue weighted by atomic mass is 10.1. The lowest BCUT2D eigenvalue weighted by Gasteiger charge is -2.18. The van der Waals surface area contributed by atoms with Crippen LogP contribution >= 0.6 is 23.2 Å². The Morgan fingerprint density at radius 2 is 1.71 bits per heavy atom. The maximum Gasteiger partial charge on any atom is 0.258 e. The zero-order valence-corrected chi connectivity index (χ0v) is 16.3. The first-order valence-electron chi connectivity index (χ1n) is 8.79. The van der Waals surface area contributed by atoms with Gasteiger partial charge in [0.2, 0.25) is 0 Å². The Hall–Kier alpha value is -2.82. The molecule has 0 radical (unpaired) electrons. The molecule has 1 heterocycles. The molecule has 0 unspecified atom stereocenters. The average molecular weight is 411 g/mol. The number of hydrogen-bond donors (Lipinski definition) is 1. The summed E-state index contributed by atoms with van der Waals surface area (Å²) >= 11 is 12.1. The van der Waals surface area contributed by atoms with Crippen LogP contribution in [0.15, 0.2) is 66.7 Å². The van der Waals surface area contributed by atoms with Crippen LogP contribution in [0, 0.1) is 0 Å². The van der Waals surface area contributed by atoms with Crippen LogP contribution in [-0.4, -0.2) is 18.4 Å². The quantitative estimate of drug-likeness (QED) is 0.623. The monoisotopic (exact) mass is 410 g/mol. The molecule has 0 aromatic heterocycles. The number of nitrogens with one attached hydrogen (secondary N) is 1. The number of fused-ring (bicyclic) bond motifs is 1. The highest BCUT2D eigenvalue weighted by atomic mass is 35.5. The molecule has 0 atom stereocenters. The Morgan fingerprint density at radius 3 is 2.50 bits per heavy atom. The smallest absolute Gasteiger partial charge is 0.258 e. The second kappa shape index (κ2) is 7.66. The van der Waals surface area contributed by atoms with E-state index in [4.69, 9.17) is 23.2 Å². The standard InChI is InChI=1S/C22H16Cl2N2O2/c23-16-6-8-19(24)18(13-16)21(27)25-17-7-9-20-15(12-17)10-11-26(20)22(28)14-4-2-1-3-5-14/h1-9,12-13H,10-11H2,(H,25,27). The topological polar surface area (TPSA) is 49.4 Å². The second-order valence-corrected chi connectivity index (χ2v) is 7.34. The average Bonchev–Trinajstić information content (AvgIpc) is 3.13. The summed E-state index contributed by atoms with van der Waals surface area (Å²) in [5.41, 5.74) is 3.50. The highest BCUT2D eigenvalue weighted by molar-refractivity contribution is 6.36. The maximum absolute atomic E-state index is 12.8. The van der Waals surface area contributed by atoms with Gasteiger partial charge in [0.05, 0.1) is 10.6 Å². The first-order chi connectivity index (χ1) is 13.5. The van der Waals surface area contributed by atoms with Crippen LogP contribution < -0.4 is 10.2 Å². The van der Waals surface area contributed by atoms with Gasteiger partial charge in [-0.3, -0.25) is 9.59 Å². The summed E-state index contributed by atoms with van der Waals surface area (Å²) in [6, 6.07) is 19.5. The fraction of sp³-hybridized carbons (Fsp3) is 0.0909. The van der Waals surface area contributed by atoms with Gasteiger partial charge in [-0.05, 0) is 60.5 Å². The van der Waals surface area contributed by atoms with Crippen molar-refractivity contribution >= 4 is 46.4 Å². The number of benzene rings is 3. The van der Waals surface area contributed by atoms with Gasteiger partial charge in [0.1, 0.15) is 0 Å². The van der Waals surface area contributed by atoms with Gasteiger partial charge in [0.25, 0.3) is 11.8 Å². The predicted molar refractivity (Wildman–Crippen MR) is 113 cm³/mol. The van der Waals surface area contributed by atoms with E-state index in [2.05, 4.69) is 5.32 Å². The predicted octanol–water partition coefficient (Wildman–Crippen LogP) is 5.45. The summed E-state index contributed by atoms with van der Waals surface area (Å²) in [6.45, 7) is 0.612. The van der Waals surface area contributed by atoms with Crippen molar-refractivity contribution in [1.29, 1.82) is 0 Å². The summed E-state index contributed by atoms with van der Waals surface area (Å²) in [7, 11) is 0. The van der Waals surface area contributed by atoms with Crippen molar-refractivity contribution in [3.05, 3.63) is 93.5 Å². The maximum atomic E-state index is 12.8. The number of anilines is 2. The molecular weight excluding hydrogens is 395 g/mol. The summed E-state index contributed by atoms with van der Waals surface area (Å²) < 4.78 is 0. The molecule has 0 fully saturated rings. The Bertz CT molecular complexity index is 1070. The third-order valence-electron chi connectivity index (χ3n) is 4.67. The molecule has 3 aromatic carbocycles. The van der Waals surface area contributed by atoms with Crippen LogP contribution in [0.2, 0.25) is 10.0 Å². The zero-order chi connectivity index (χ0) is 19.7. The fourth-order valence-corrected chi connectivity index (χ4v) is 3.67. The van der Waals surface area contributed by atoms with Crippen LogP contribution in [0.4, 0.5) is 11.4 Å². The minimum Gasteiger partial charge on any atom is -0.322 e. The lowest BCUT2D eigenvalue weighted by Crippen LogP contribution is -2.28. The van der Waals surface area contributed by atoms with Crippen LogP contribution in [0.5, 0.6) is 0 Å². The van der Waals surface area contributed by atoms with E-state index in [-0.39, 0.29) is 11.8 Å². The Labute approximate surface area is 172 Å². The van der Waals surface area contributed by atoms with E-state index in [1.807, 2.05) is 42.5 Å². The molecule has 0 saturated heterocycles. The molecule has 6 heteroatoms. The minimum atomic E-state index is -0.331. The first kappa shape index (κ1) is 18.5. The molecule has 0 spiro atoms. The second-order valence-electron chi connectivity index (χ2n) is 6.49. The van der Waals surface area contributed by atoms with E-state index in [9.17, 15) is 9.59 Å². The van der Waals surface area contributed by atoms with Crippen molar-refractivity contribution < 1.29 is 9.59 Å². The van der Waals surface area contributed by atoms with Crippen LogP contribution in [0.25, 0.3) is 0 Å². The number of halogens is 2. The van der Waals surface area contributed by atoms with Gasteiger partial charge in [-0.2, -0.15) is 0 Å². The zero-order valence-electron chi connectivity index (χ0n) is 14.8. The number of rotatable bonds is 3. The first-order valence-corrected chi connectivity index (χ1v) is 9.55. The Morgan fingerprint density at radius 1 is 0.929 bits per heavy atom. The van der Waals surface area contributed by atoms with Gasteiger partial charge in [-0.25, -0.2) is 0 Å². The van der Waals surface area contributed by atoms with E-state index in [1.165, 1.54) is 6.07 Å². The molecule has 1 aliphatic rings. The molecule has 0 aliphatic carbocycles. The Balaban J connectivity index is 1.55. The van der Waals surface area contributed by atoms with Crippen molar-refractivity contribution in [3.8, 4) is 0 Å². The molecular formula is C22H16Cl2N2O2. The summed E-state index contributed by atoms with van der Waals surface area (Å²) in [6.07, 6.45) is 0.732. The summed E-state index contributed by atoms with van der Waals surface area (Å²) in [5.74, 6) is -0.357. The largest absolute Gasteiger partial charge is 0.322 e. The number of nitrogens with zero attached hydrogens (tertiary/aromatic N) is 1. The van der Waals surface area contributed by atoms with Gasteiger partial charge in [-0.1, -0.05) is 41.4 Å². The van der Waals surface area contributed by atoms with E-state index < -0.39 is 0 Å². The van der Waals surface area contributed by atoms with Crippen molar-refractivity contribution in [3.63, 3.8) is 0 Å². The number of carbonyl (C=O) groups is 2. The van der Waals surface area contributed by atoms with E-state index >= 15 is 0 Å². The fourth-order valence-electron chi connectivity index (χ4n) is 3.30. The third-order valence-corrected chi connectivity index (χ3v) is 5.24. The molecule has 4 nitrogen and oxygen atoms in total. The molecule has 1 N–H and O–H groups in total. The number of amides is 2. The van der Waals surface area contributed by atoms with Gasteiger partial charge < -0.3 is 10.2 Å². The molecule has 140 valence electrons. The molecule has 4 rings (SSSR count). The summed E-state index contributed by atoms with van der Waals surface area (Å²) in [5, 5.41) is 3.63. The normalized spacial score (nSPS) is 12.6.